The lowest BCUT2D eigenvalue weighted by Gasteiger charge is -2.32. The SMILES string of the molecule is CCC(C)CCC1CC(C)Nc2ccccc21. The molecule has 0 fully saturated rings. The van der Waals surface area contributed by atoms with Gasteiger partial charge in [-0.05, 0) is 43.2 Å². The molecule has 0 saturated heterocycles. The topological polar surface area (TPSA) is 12.0 Å². The predicted octanol–water partition coefficient (Wildman–Crippen LogP) is 4.80. The maximum Gasteiger partial charge on any atom is 0.0377 e. The smallest absolute Gasteiger partial charge is 0.0377 e. The summed E-state index contributed by atoms with van der Waals surface area (Å²) in [6.07, 6.45) is 5.30. The van der Waals surface area contributed by atoms with E-state index in [0.717, 1.165) is 11.8 Å². The lowest BCUT2D eigenvalue weighted by molar-refractivity contribution is 0.431. The van der Waals surface area contributed by atoms with E-state index in [2.05, 4.69) is 50.4 Å². The van der Waals surface area contributed by atoms with E-state index in [1.807, 2.05) is 0 Å². The van der Waals surface area contributed by atoms with Gasteiger partial charge in [-0.3, -0.25) is 0 Å². The molecule has 1 aromatic carbocycles. The lowest BCUT2D eigenvalue weighted by Crippen LogP contribution is -2.25. The number of hydrogen-bond donors (Lipinski definition) is 1. The normalized spacial score (nSPS) is 24.9. The Morgan fingerprint density at radius 2 is 2.12 bits per heavy atom. The maximum atomic E-state index is 3.59. The van der Waals surface area contributed by atoms with Crippen LogP contribution in [0.25, 0.3) is 0 Å². The van der Waals surface area contributed by atoms with Crippen LogP contribution in [-0.4, -0.2) is 6.04 Å². The van der Waals surface area contributed by atoms with Gasteiger partial charge >= 0.3 is 0 Å². The molecular formula is C16H25N. The number of anilines is 1. The fourth-order valence-corrected chi connectivity index (χ4v) is 2.83. The highest BCUT2D eigenvalue weighted by Gasteiger charge is 2.23. The Morgan fingerprint density at radius 3 is 2.88 bits per heavy atom. The van der Waals surface area contributed by atoms with E-state index in [0.29, 0.717) is 6.04 Å². The summed E-state index contributed by atoms with van der Waals surface area (Å²) < 4.78 is 0. The molecule has 0 spiro atoms. The predicted molar refractivity (Wildman–Crippen MR) is 75.6 cm³/mol. The second-order valence-electron chi connectivity index (χ2n) is 5.66. The highest BCUT2D eigenvalue weighted by molar-refractivity contribution is 5.55. The van der Waals surface area contributed by atoms with E-state index in [1.165, 1.54) is 36.9 Å². The zero-order valence-electron chi connectivity index (χ0n) is 11.4. The summed E-state index contributed by atoms with van der Waals surface area (Å²) in [5, 5.41) is 3.59. The van der Waals surface area contributed by atoms with Crippen LogP contribution in [0.5, 0.6) is 0 Å². The minimum Gasteiger partial charge on any atom is -0.382 e. The third kappa shape index (κ3) is 3.02. The van der Waals surface area contributed by atoms with Gasteiger partial charge < -0.3 is 5.32 Å². The van der Waals surface area contributed by atoms with Crippen molar-refractivity contribution < 1.29 is 0 Å². The Hall–Kier alpha value is -0.980. The quantitative estimate of drug-likeness (QED) is 0.784. The Balaban J connectivity index is 2.07. The third-order valence-electron chi connectivity index (χ3n) is 4.15. The lowest BCUT2D eigenvalue weighted by atomic mass is 9.82. The summed E-state index contributed by atoms with van der Waals surface area (Å²) in [6, 6.07) is 9.45. The van der Waals surface area contributed by atoms with Crippen LogP contribution < -0.4 is 5.32 Å². The molecule has 1 heterocycles. The summed E-state index contributed by atoms with van der Waals surface area (Å²) in [6.45, 7) is 6.96. The van der Waals surface area contributed by atoms with Crippen LogP contribution in [0.3, 0.4) is 0 Å². The molecule has 0 bridgehead atoms. The summed E-state index contributed by atoms with van der Waals surface area (Å²) in [7, 11) is 0. The Kier molecular flexibility index (Phi) is 4.09. The van der Waals surface area contributed by atoms with Gasteiger partial charge in [0.25, 0.3) is 0 Å². The van der Waals surface area contributed by atoms with Crippen LogP contribution in [0.15, 0.2) is 24.3 Å². The third-order valence-corrected chi connectivity index (χ3v) is 4.15. The van der Waals surface area contributed by atoms with Crippen molar-refractivity contribution in [3.8, 4) is 0 Å². The summed E-state index contributed by atoms with van der Waals surface area (Å²) in [5.74, 6) is 1.63. The van der Waals surface area contributed by atoms with Gasteiger partial charge in [-0.15, -0.1) is 0 Å². The molecule has 2 rings (SSSR count). The number of hydrogen-bond acceptors (Lipinski definition) is 1. The van der Waals surface area contributed by atoms with E-state index in [9.17, 15) is 0 Å². The molecule has 0 aromatic heterocycles. The number of benzene rings is 1. The van der Waals surface area contributed by atoms with E-state index in [4.69, 9.17) is 0 Å². The molecule has 3 atom stereocenters. The van der Waals surface area contributed by atoms with Crippen LogP contribution in [0.4, 0.5) is 5.69 Å². The van der Waals surface area contributed by atoms with Gasteiger partial charge in [0.05, 0.1) is 0 Å². The minimum absolute atomic E-state index is 0.617. The fourth-order valence-electron chi connectivity index (χ4n) is 2.83. The molecule has 0 radical (unpaired) electrons. The van der Waals surface area contributed by atoms with Crippen LogP contribution in [-0.2, 0) is 0 Å². The van der Waals surface area contributed by atoms with Crippen molar-refractivity contribution in [3.63, 3.8) is 0 Å². The molecule has 0 aliphatic carbocycles. The van der Waals surface area contributed by atoms with E-state index < -0.39 is 0 Å². The number of rotatable bonds is 4. The first-order valence-electron chi connectivity index (χ1n) is 7.06. The van der Waals surface area contributed by atoms with Crippen molar-refractivity contribution in [2.75, 3.05) is 5.32 Å². The molecule has 94 valence electrons. The Bertz CT molecular complexity index is 358. The number of para-hydroxylation sites is 1. The molecule has 3 unspecified atom stereocenters. The average molecular weight is 231 g/mol. The number of fused-ring (bicyclic) bond motifs is 1. The monoisotopic (exact) mass is 231 g/mol. The van der Waals surface area contributed by atoms with Gasteiger partial charge in [-0.2, -0.15) is 0 Å². The van der Waals surface area contributed by atoms with E-state index >= 15 is 0 Å². The van der Waals surface area contributed by atoms with Crippen molar-refractivity contribution in [2.45, 2.75) is 58.4 Å². The Morgan fingerprint density at radius 1 is 1.35 bits per heavy atom. The molecule has 17 heavy (non-hydrogen) atoms. The molecule has 1 aliphatic rings. The molecule has 1 aliphatic heterocycles. The largest absolute Gasteiger partial charge is 0.382 e. The summed E-state index contributed by atoms with van der Waals surface area (Å²) in [4.78, 5) is 0. The summed E-state index contributed by atoms with van der Waals surface area (Å²) in [5.41, 5.74) is 2.90. The van der Waals surface area contributed by atoms with E-state index in [1.54, 1.807) is 0 Å². The second-order valence-corrected chi connectivity index (χ2v) is 5.66. The standard InChI is InChI=1S/C16H25N/c1-4-12(2)9-10-14-11-13(3)17-16-8-6-5-7-15(14)16/h5-8,12-14,17H,4,9-11H2,1-3H3. The fraction of sp³-hybridized carbons (Fsp3) is 0.625. The van der Waals surface area contributed by atoms with Crippen LogP contribution in [0, 0.1) is 5.92 Å². The molecule has 1 aromatic rings. The molecule has 0 amide bonds. The second kappa shape index (κ2) is 5.57. The van der Waals surface area contributed by atoms with Crippen molar-refractivity contribution in [2.24, 2.45) is 5.92 Å². The summed E-state index contributed by atoms with van der Waals surface area (Å²) >= 11 is 0. The minimum atomic E-state index is 0.617. The van der Waals surface area contributed by atoms with E-state index in [-0.39, 0.29) is 0 Å². The average Bonchev–Trinajstić information content (AvgIpc) is 2.35. The zero-order chi connectivity index (χ0) is 12.3. The zero-order valence-corrected chi connectivity index (χ0v) is 11.4. The van der Waals surface area contributed by atoms with Gasteiger partial charge in [-0.1, -0.05) is 44.9 Å². The van der Waals surface area contributed by atoms with Gasteiger partial charge in [0, 0.05) is 11.7 Å². The maximum absolute atomic E-state index is 3.59. The molecular weight excluding hydrogens is 206 g/mol. The molecule has 1 nitrogen and oxygen atoms in total. The van der Waals surface area contributed by atoms with Gasteiger partial charge in [0.1, 0.15) is 0 Å². The van der Waals surface area contributed by atoms with Gasteiger partial charge in [0.2, 0.25) is 0 Å². The first kappa shape index (κ1) is 12.5. The first-order valence-corrected chi connectivity index (χ1v) is 7.06. The highest BCUT2D eigenvalue weighted by Crippen LogP contribution is 2.37. The molecule has 1 heteroatoms. The highest BCUT2D eigenvalue weighted by atomic mass is 14.9. The van der Waals surface area contributed by atoms with Crippen molar-refractivity contribution in [3.05, 3.63) is 29.8 Å². The Labute approximate surface area is 106 Å². The first-order chi connectivity index (χ1) is 8.20. The number of nitrogens with one attached hydrogen (secondary N) is 1. The van der Waals surface area contributed by atoms with Crippen molar-refractivity contribution in [1.82, 2.24) is 0 Å². The van der Waals surface area contributed by atoms with Crippen molar-refractivity contribution >= 4 is 5.69 Å². The van der Waals surface area contributed by atoms with Crippen molar-refractivity contribution in [1.29, 1.82) is 0 Å². The van der Waals surface area contributed by atoms with Crippen LogP contribution in [0.1, 0.15) is 57.9 Å². The van der Waals surface area contributed by atoms with Gasteiger partial charge in [-0.25, -0.2) is 0 Å². The van der Waals surface area contributed by atoms with Crippen LogP contribution in [0.2, 0.25) is 0 Å². The van der Waals surface area contributed by atoms with Gasteiger partial charge in [0.15, 0.2) is 0 Å². The molecule has 0 saturated carbocycles. The van der Waals surface area contributed by atoms with Crippen LogP contribution >= 0.6 is 0 Å². The molecule has 1 N–H and O–H groups in total.